The molecule has 0 bridgehead atoms. The van der Waals surface area contributed by atoms with Crippen molar-refractivity contribution in [2.45, 2.75) is 33.1 Å². The molecule has 9 heteroatoms. The van der Waals surface area contributed by atoms with E-state index in [1.54, 1.807) is 24.3 Å². The van der Waals surface area contributed by atoms with E-state index in [2.05, 4.69) is 26.0 Å². The first-order chi connectivity index (χ1) is 14.7. The minimum atomic E-state index is -0.514. The molecule has 1 atom stereocenters. The molecular formula is C22H21BrClN3O4. The molecule has 0 radical (unpaired) electrons. The van der Waals surface area contributed by atoms with Gasteiger partial charge in [-0.25, -0.2) is 4.98 Å². The van der Waals surface area contributed by atoms with Gasteiger partial charge in [0.05, 0.1) is 29.2 Å². The Morgan fingerprint density at radius 3 is 2.74 bits per heavy atom. The number of methoxy groups -OCH3 is 1. The molecule has 0 amide bonds. The number of nitrogens with zero attached hydrogens (tertiary/aromatic N) is 3. The van der Waals surface area contributed by atoms with Crippen LogP contribution < -0.4 is 15.0 Å². The van der Waals surface area contributed by atoms with Crippen LogP contribution in [0.4, 0.5) is 0 Å². The SMILES string of the molecule is CC[C@H](C)c1nc2ccc(Br)cc2c(=O)n1N=Cc1cc(Cl)c(OC(C)=O)c(OC)c1. The molecule has 0 aliphatic heterocycles. The van der Waals surface area contributed by atoms with Gasteiger partial charge in [-0.2, -0.15) is 9.78 Å². The van der Waals surface area contributed by atoms with Crippen LogP contribution in [0.2, 0.25) is 5.02 Å². The lowest BCUT2D eigenvalue weighted by Gasteiger charge is -2.14. The van der Waals surface area contributed by atoms with Gasteiger partial charge in [0.15, 0.2) is 11.5 Å². The minimum Gasteiger partial charge on any atom is -0.493 e. The van der Waals surface area contributed by atoms with Gasteiger partial charge in [-0.05, 0) is 42.3 Å². The van der Waals surface area contributed by atoms with Gasteiger partial charge in [-0.15, -0.1) is 0 Å². The molecule has 7 nitrogen and oxygen atoms in total. The largest absolute Gasteiger partial charge is 0.493 e. The molecular weight excluding hydrogens is 486 g/mol. The van der Waals surface area contributed by atoms with Crippen LogP contribution in [-0.4, -0.2) is 29.0 Å². The van der Waals surface area contributed by atoms with Gasteiger partial charge in [0.25, 0.3) is 5.56 Å². The number of hydrogen-bond acceptors (Lipinski definition) is 6. The van der Waals surface area contributed by atoms with E-state index in [0.717, 1.165) is 10.9 Å². The number of aromatic nitrogens is 2. The van der Waals surface area contributed by atoms with Crippen molar-refractivity contribution in [1.29, 1.82) is 0 Å². The molecule has 0 N–H and O–H groups in total. The van der Waals surface area contributed by atoms with Crippen LogP contribution >= 0.6 is 27.5 Å². The monoisotopic (exact) mass is 505 g/mol. The van der Waals surface area contributed by atoms with Gasteiger partial charge in [0, 0.05) is 17.3 Å². The Balaban J connectivity index is 2.14. The van der Waals surface area contributed by atoms with Crippen LogP contribution in [0.3, 0.4) is 0 Å². The molecule has 0 unspecified atom stereocenters. The van der Waals surface area contributed by atoms with Crippen molar-refractivity contribution >= 4 is 50.6 Å². The average molecular weight is 507 g/mol. The van der Waals surface area contributed by atoms with Crippen molar-refractivity contribution in [2.75, 3.05) is 7.11 Å². The van der Waals surface area contributed by atoms with Crippen molar-refractivity contribution in [2.24, 2.45) is 5.10 Å². The number of carbonyl (C=O) groups excluding carboxylic acids is 1. The topological polar surface area (TPSA) is 82.8 Å². The van der Waals surface area contributed by atoms with Crippen molar-refractivity contribution < 1.29 is 14.3 Å². The highest BCUT2D eigenvalue weighted by Gasteiger charge is 2.17. The third kappa shape index (κ3) is 4.97. The number of halogens is 2. The van der Waals surface area contributed by atoms with Crippen LogP contribution in [0.15, 0.2) is 44.7 Å². The lowest BCUT2D eigenvalue weighted by atomic mass is 10.1. The zero-order valence-electron chi connectivity index (χ0n) is 17.5. The third-order valence-corrected chi connectivity index (χ3v) is 5.48. The molecule has 0 aliphatic rings. The standard InChI is InChI=1S/C22H21BrClN3O4/c1-5-12(2)21-26-18-7-6-15(23)10-16(18)22(29)27(21)25-11-14-8-17(24)20(31-13(3)28)19(9-14)30-4/h6-12H,5H2,1-4H3/t12-/m0/s1. The van der Waals surface area contributed by atoms with Crippen LogP contribution in [0.25, 0.3) is 10.9 Å². The summed E-state index contributed by atoms with van der Waals surface area (Å²) >= 11 is 9.66. The molecule has 0 saturated heterocycles. The summed E-state index contributed by atoms with van der Waals surface area (Å²) in [5.41, 5.74) is 0.909. The molecule has 1 aromatic heterocycles. The molecule has 2 aromatic carbocycles. The second-order valence-electron chi connectivity index (χ2n) is 6.93. The maximum atomic E-state index is 13.2. The van der Waals surface area contributed by atoms with Gasteiger partial charge < -0.3 is 9.47 Å². The zero-order valence-corrected chi connectivity index (χ0v) is 19.8. The Hall–Kier alpha value is -2.71. The summed E-state index contributed by atoms with van der Waals surface area (Å²) in [4.78, 5) is 29.2. The summed E-state index contributed by atoms with van der Waals surface area (Å²) < 4.78 is 12.5. The van der Waals surface area contributed by atoms with Crippen molar-refractivity contribution in [3.05, 3.63) is 61.6 Å². The maximum Gasteiger partial charge on any atom is 0.308 e. The number of carbonyl (C=O) groups is 1. The summed E-state index contributed by atoms with van der Waals surface area (Å²) in [7, 11) is 1.44. The van der Waals surface area contributed by atoms with Crippen LogP contribution in [0, 0.1) is 0 Å². The number of esters is 1. The maximum absolute atomic E-state index is 13.2. The molecule has 162 valence electrons. The van der Waals surface area contributed by atoms with Crippen molar-refractivity contribution in [1.82, 2.24) is 9.66 Å². The molecule has 0 fully saturated rings. The minimum absolute atomic E-state index is 0.0161. The summed E-state index contributed by atoms with van der Waals surface area (Å²) in [6.45, 7) is 5.29. The van der Waals surface area contributed by atoms with E-state index >= 15 is 0 Å². The molecule has 0 saturated carbocycles. The molecule has 1 heterocycles. The number of ether oxygens (including phenoxy) is 2. The van der Waals surface area contributed by atoms with E-state index in [9.17, 15) is 9.59 Å². The van der Waals surface area contributed by atoms with Crippen molar-refractivity contribution in [3.63, 3.8) is 0 Å². The van der Waals surface area contributed by atoms with Crippen LogP contribution in [-0.2, 0) is 4.79 Å². The van der Waals surface area contributed by atoms with E-state index < -0.39 is 5.97 Å². The highest BCUT2D eigenvalue weighted by molar-refractivity contribution is 9.10. The number of fused-ring (bicyclic) bond motifs is 1. The molecule has 3 aromatic rings. The number of benzene rings is 2. The smallest absolute Gasteiger partial charge is 0.308 e. The fraction of sp³-hybridized carbons (Fsp3) is 0.273. The van der Waals surface area contributed by atoms with Gasteiger partial charge in [-0.1, -0.05) is 41.4 Å². The van der Waals surface area contributed by atoms with E-state index in [4.69, 9.17) is 21.1 Å². The first-order valence-corrected chi connectivity index (χ1v) is 10.7. The second kappa shape index (κ2) is 9.62. The van der Waals surface area contributed by atoms with E-state index in [0.29, 0.717) is 22.3 Å². The lowest BCUT2D eigenvalue weighted by molar-refractivity contribution is -0.132. The quantitative estimate of drug-likeness (QED) is 0.263. The number of hydrogen-bond donors (Lipinski definition) is 0. The van der Waals surface area contributed by atoms with Gasteiger partial charge >= 0.3 is 5.97 Å². The molecule has 0 spiro atoms. The normalized spacial score (nSPS) is 12.3. The Morgan fingerprint density at radius 2 is 2.10 bits per heavy atom. The Kier molecular flexibility index (Phi) is 7.12. The molecule has 0 aliphatic carbocycles. The van der Waals surface area contributed by atoms with Gasteiger partial charge in [0.1, 0.15) is 5.82 Å². The Bertz CT molecular complexity index is 1240. The Morgan fingerprint density at radius 1 is 1.35 bits per heavy atom. The number of rotatable bonds is 6. The lowest BCUT2D eigenvalue weighted by Crippen LogP contribution is -2.23. The third-order valence-electron chi connectivity index (χ3n) is 4.71. The zero-order chi connectivity index (χ0) is 22.7. The molecule has 3 rings (SSSR count). The Labute approximate surface area is 192 Å². The van der Waals surface area contributed by atoms with Gasteiger partial charge in [-0.3, -0.25) is 9.59 Å². The van der Waals surface area contributed by atoms with Crippen molar-refractivity contribution in [3.8, 4) is 11.5 Å². The van der Waals surface area contributed by atoms with Crippen LogP contribution in [0.1, 0.15) is 44.5 Å². The highest BCUT2D eigenvalue weighted by Crippen LogP contribution is 2.36. The van der Waals surface area contributed by atoms with E-state index in [1.807, 2.05) is 19.9 Å². The van der Waals surface area contributed by atoms with E-state index in [-0.39, 0.29) is 28.0 Å². The summed E-state index contributed by atoms with van der Waals surface area (Å²) in [5.74, 6) is 0.470. The first kappa shape index (κ1) is 23.0. The van der Waals surface area contributed by atoms with E-state index in [1.165, 1.54) is 24.9 Å². The van der Waals surface area contributed by atoms with Crippen LogP contribution in [0.5, 0.6) is 11.5 Å². The summed E-state index contributed by atoms with van der Waals surface area (Å²) in [5, 5.41) is 5.06. The summed E-state index contributed by atoms with van der Waals surface area (Å²) in [6.07, 6.45) is 2.28. The summed E-state index contributed by atoms with van der Waals surface area (Å²) in [6, 6.07) is 8.57. The fourth-order valence-electron chi connectivity index (χ4n) is 2.96. The first-order valence-electron chi connectivity index (χ1n) is 9.57. The predicted octanol–water partition coefficient (Wildman–Crippen LogP) is 5.14. The highest BCUT2D eigenvalue weighted by atomic mass is 79.9. The fourth-order valence-corrected chi connectivity index (χ4v) is 3.58. The van der Waals surface area contributed by atoms with Gasteiger partial charge in [0.2, 0.25) is 0 Å². The second-order valence-corrected chi connectivity index (χ2v) is 8.25. The molecule has 31 heavy (non-hydrogen) atoms. The predicted molar refractivity (Wildman–Crippen MR) is 125 cm³/mol. The average Bonchev–Trinajstić information content (AvgIpc) is 2.74.